The van der Waals surface area contributed by atoms with Crippen LogP contribution in [0, 0.1) is 0 Å². The van der Waals surface area contributed by atoms with Gasteiger partial charge in [-0.25, -0.2) is 0 Å². The summed E-state index contributed by atoms with van der Waals surface area (Å²) in [6, 6.07) is 0. The molecule has 0 bridgehead atoms. The third-order valence-electron chi connectivity index (χ3n) is 6.05. The van der Waals surface area contributed by atoms with E-state index in [-0.39, 0.29) is 0 Å². The van der Waals surface area contributed by atoms with Crippen molar-refractivity contribution in [2.75, 3.05) is 13.2 Å². The fraction of sp³-hybridized carbons (Fsp3) is 1.00. The summed E-state index contributed by atoms with van der Waals surface area (Å²) in [7, 11) is 0. The molecule has 15 nitrogen and oxygen atoms in total. The molecule has 0 aromatic heterocycles. The molecule has 0 aliphatic carbocycles. The molecule has 10 N–H and O–H groups in total. The van der Waals surface area contributed by atoms with Crippen LogP contribution in [0.3, 0.4) is 0 Å². The highest BCUT2D eigenvalue weighted by Crippen LogP contribution is 2.32. The number of ether oxygens (including phenoxy) is 5. The zero-order valence-electron chi connectivity index (χ0n) is 17.6. The Balaban J connectivity index is 1.80. The molecule has 3 rings (SSSR count). The van der Waals surface area contributed by atoms with Gasteiger partial charge in [-0.1, -0.05) is 0 Å². The maximum Gasteiger partial charge on any atom is 0.187 e. The molecule has 15 heteroatoms. The molecule has 194 valence electrons. The lowest BCUT2D eigenvalue weighted by atomic mass is 9.96. The van der Waals surface area contributed by atoms with Crippen LogP contribution in [0.15, 0.2) is 0 Å². The Kier molecular flexibility index (Phi) is 8.99. The molecule has 0 spiro atoms. The molecule has 0 aromatic rings. The Labute approximate surface area is 187 Å². The summed E-state index contributed by atoms with van der Waals surface area (Å²) in [5.74, 6) is 0. The van der Waals surface area contributed by atoms with Gasteiger partial charge in [-0.2, -0.15) is 0 Å². The highest BCUT2D eigenvalue weighted by Gasteiger charge is 2.53. The Morgan fingerprint density at radius 1 is 0.545 bits per heavy atom. The SMILES string of the molecule is C[C@@H]1O[C@@H](O)[C@H](O)[C@H](O[C@H]2O[C@H](CO)[C@@H](O)[C@H](O)[C@@H]2O)[C@H]1O[C@@H]1O[C@H](CO)[C@@H](O)[C@H](O)[C@H]1O. The van der Waals surface area contributed by atoms with Crippen LogP contribution in [0.5, 0.6) is 0 Å². The zero-order chi connectivity index (χ0) is 24.6. The molecule has 0 unspecified atom stereocenters. The average Bonchev–Trinajstić information content (AvgIpc) is 2.79. The van der Waals surface area contributed by atoms with Crippen LogP contribution in [0.1, 0.15) is 6.92 Å². The zero-order valence-corrected chi connectivity index (χ0v) is 17.6. The van der Waals surface area contributed by atoms with Gasteiger partial charge in [0.25, 0.3) is 0 Å². The van der Waals surface area contributed by atoms with E-state index in [9.17, 15) is 51.1 Å². The third kappa shape index (κ3) is 5.32. The monoisotopic (exact) mass is 488 g/mol. The van der Waals surface area contributed by atoms with Gasteiger partial charge in [0.05, 0.1) is 19.3 Å². The van der Waals surface area contributed by atoms with Gasteiger partial charge in [0, 0.05) is 0 Å². The van der Waals surface area contributed by atoms with Crippen molar-refractivity contribution >= 4 is 0 Å². The lowest BCUT2D eigenvalue weighted by Gasteiger charge is -2.48. The molecule has 0 saturated carbocycles. The van der Waals surface area contributed by atoms with Gasteiger partial charge in [-0.15, -0.1) is 0 Å². The summed E-state index contributed by atoms with van der Waals surface area (Å²) in [5, 5.41) is 99.4. The molecule has 3 saturated heterocycles. The Hall–Kier alpha value is -0.600. The van der Waals surface area contributed by atoms with E-state index in [0.717, 1.165) is 0 Å². The van der Waals surface area contributed by atoms with Crippen LogP contribution in [0.2, 0.25) is 0 Å². The Morgan fingerprint density at radius 3 is 1.39 bits per heavy atom. The third-order valence-corrected chi connectivity index (χ3v) is 6.05. The molecule has 15 atom stereocenters. The van der Waals surface area contributed by atoms with Crippen LogP contribution < -0.4 is 0 Å². The van der Waals surface area contributed by atoms with E-state index < -0.39 is 105 Å². The molecule has 0 aromatic carbocycles. The maximum atomic E-state index is 10.5. The molecule has 3 aliphatic heterocycles. The number of aliphatic hydroxyl groups excluding tert-OH is 10. The number of aliphatic hydroxyl groups is 10. The second kappa shape index (κ2) is 11.0. The smallest absolute Gasteiger partial charge is 0.187 e. The predicted octanol–water partition coefficient (Wildman–Crippen LogP) is -6.55. The van der Waals surface area contributed by atoms with Gasteiger partial charge in [0.2, 0.25) is 0 Å². The minimum Gasteiger partial charge on any atom is -0.394 e. The van der Waals surface area contributed by atoms with E-state index in [2.05, 4.69) is 0 Å². The number of hydrogen-bond donors (Lipinski definition) is 10. The van der Waals surface area contributed by atoms with Gasteiger partial charge in [0.15, 0.2) is 18.9 Å². The standard InChI is InChI=1S/C18H32O15/c1-4-14(32-17-11(25)9(23)7(21)5(2-19)30-17)15(13(27)16(28)29-4)33-18-12(26)10(24)8(22)6(3-20)31-18/h4-28H,2-3H2,1H3/t4-,5+,6+,7+,8+,9-,10-,11+,12-,13+,14-,15-,16+,17-,18+/m0/s1. The molecule has 0 radical (unpaired) electrons. The fourth-order valence-corrected chi connectivity index (χ4v) is 4.02. The molecule has 0 amide bonds. The highest BCUT2D eigenvalue weighted by molar-refractivity contribution is 4.95. The first-order valence-corrected chi connectivity index (χ1v) is 10.4. The van der Waals surface area contributed by atoms with Crippen LogP contribution in [-0.4, -0.2) is 156 Å². The van der Waals surface area contributed by atoms with Crippen LogP contribution in [0.25, 0.3) is 0 Å². The second-order valence-electron chi connectivity index (χ2n) is 8.32. The maximum absolute atomic E-state index is 10.5. The van der Waals surface area contributed by atoms with Gasteiger partial charge in [-0.3, -0.25) is 0 Å². The largest absolute Gasteiger partial charge is 0.394 e. The molecular formula is C18H32O15. The van der Waals surface area contributed by atoms with Gasteiger partial charge < -0.3 is 74.7 Å². The van der Waals surface area contributed by atoms with E-state index in [4.69, 9.17) is 23.7 Å². The van der Waals surface area contributed by atoms with Crippen molar-refractivity contribution in [2.24, 2.45) is 0 Å². The van der Waals surface area contributed by atoms with Gasteiger partial charge >= 0.3 is 0 Å². The van der Waals surface area contributed by atoms with Gasteiger partial charge in [-0.05, 0) is 6.92 Å². The van der Waals surface area contributed by atoms with E-state index in [0.29, 0.717) is 0 Å². The number of rotatable bonds is 6. The molecule has 3 aliphatic rings. The van der Waals surface area contributed by atoms with Crippen molar-refractivity contribution in [1.29, 1.82) is 0 Å². The van der Waals surface area contributed by atoms with Crippen LogP contribution >= 0.6 is 0 Å². The van der Waals surface area contributed by atoms with E-state index in [1.54, 1.807) is 0 Å². The predicted molar refractivity (Wildman–Crippen MR) is 99.8 cm³/mol. The molecule has 3 heterocycles. The van der Waals surface area contributed by atoms with Crippen LogP contribution in [-0.2, 0) is 23.7 Å². The first-order chi connectivity index (χ1) is 15.5. The summed E-state index contributed by atoms with van der Waals surface area (Å²) in [5.41, 5.74) is 0. The molecular weight excluding hydrogens is 456 g/mol. The Morgan fingerprint density at radius 2 is 0.970 bits per heavy atom. The second-order valence-corrected chi connectivity index (χ2v) is 8.32. The Bertz CT molecular complexity index is 622. The van der Waals surface area contributed by atoms with Crippen molar-refractivity contribution < 1.29 is 74.7 Å². The van der Waals surface area contributed by atoms with E-state index in [1.807, 2.05) is 0 Å². The summed E-state index contributed by atoms with van der Waals surface area (Å²) in [4.78, 5) is 0. The van der Waals surface area contributed by atoms with Crippen molar-refractivity contribution in [2.45, 2.75) is 99.0 Å². The molecule has 33 heavy (non-hydrogen) atoms. The summed E-state index contributed by atoms with van der Waals surface area (Å²) >= 11 is 0. The average molecular weight is 488 g/mol. The fourth-order valence-electron chi connectivity index (χ4n) is 4.02. The quantitative estimate of drug-likeness (QED) is 0.167. The van der Waals surface area contributed by atoms with Crippen molar-refractivity contribution in [3.05, 3.63) is 0 Å². The number of hydrogen-bond acceptors (Lipinski definition) is 15. The lowest BCUT2D eigenvalue weighted by Crippen LogP contribution is -2.66. The molecule has 3 fully saturated rings. The van der Waals surface area contributed by atoms with Crippen molar-refractivity contribution in [3.63, 3.8) is 0 Å². The summed E-state index contributed by atoms with van der Waals surface area (Å²) in [6.45, 7) is -0.0357. The minimum atomic E-state index is -1.82. The van der Waals surface area contributed by atoms with E-state index >= 15 is 0 Å². The summed E-state index contributed by atoms with van der Waals surface area (Å²) < 4.78 is 27.0. The lowest BCUT2D eigenvalue weighted by molar-refractivity contribution is -0.380. The van der Waals surface area contributed by atoms with Crippen LogP contribution in [0.4, 0.5) is 0 Å². The first-order valence-electron chi connectivity index (χ1n) is 10.4. The van der Waals surface area contributed by atoms with Crippen molar-refractivity contribution in [3.8, 4) is 0 Å². The van der Waals surface area contributed by atoms with Crippen molar-refractivity contribution in [1.82, 2.24) is 0 Å². The topological polar surface area (TPSA) is 248 Å². The normalized spacial score (nSPS) is 53.7. The summed E-state index contributed by atoms with van der Waals surface area (Å²) in [6.07, 6.45) is -23.9. The van der Waals surface area contributed by atoms with Gasteiger partial charge in [0.1, 0.15) is 67.1 Å². The first kappa shape index (κ1) is 27.0. The highest BCUT2D eigenvalue weighted by atomic mass is 16.8. The van der Waals surface area contributed by atoms with E-state index in [1.165, 1.54) is 6.92 Å². The minimum absolute atomic E-state index is 0.715.